The number of hydrogen-bond donors (Lipinski definition) is 5. The van der Waals surface area contributed by atoms with Crippen LogP contribution in [0.4, 0.5) is 34.1 Å². The molecule has 2 aromatic carbocycles. The predicted molar refractivity (Wildman–Crippen MR) is 74.7 cm³/mol. The topological polar surface area (TPSA) is 156 Å². The second-order valence-electron chi connectivity index (χ2n) is 5.20. The normalized spacial score (nSPS) is 29.4. The van der Waals surface area contributed by atoms with Gasteiger partial charge in [0.2, 0.25) is 22.7 Å². The largest absolute Gasteiger partial charge is 0.623 e. The molecule has 0 spiro atoms. The molecule has 24 heavy (non-hydrogen) atoms. The van der Waals surface area contributed by atoms with Crippen molar-refractivity contribution >= 4 is 34.1 Å². The van der Waals surface area contributed by atoms with Crippen molar-refractivity contribution < 1.29 is 35.8 Å². The summed E-state index contributed by atoms with van der Waals surface area (Å²) in [6.45, 7) is 0. The molecule has 126 valence electrons. The third-order valence-corrected chi connectivity index (χ3v) is 3.81. The van der Waals surface area contributed by atoms with Crippen LogP contribution in [0.5, 0.6) is 0 Å². The molecule has 0 saturated carbocycles. The third-order valence-electron chi connectivity index (χ3n) is 3.81. The van der Waals surface area contributed by atoms with E-state index in [2.05, 4.69) is 9.88 Å². The molecule has 0 fully saturated rings. The van der Waals surface area contributed by atoms with E-state index in [-0.39, 0.29) is 34.1 Å². The van der Waals surface area contributed by atoms with Gasteiger partial charge in [-0.2, -0.15) is 0 Å². The van der Waals surface area contributed by atoms with Crippen LogP contribution in [0.2, 0.25) is 0 Å². The number of quaternary nitrogens is 5. The summed E-state index contributed by atoms with van der Waals surface area (Å²) >= 11 is 0. The van der Waals surface area contributed by atoms with Crippen LogP contribution in [0.25, 0.3) is 0 Å². The standard InChI is InChI=1S/C12H11N5O7/c18-13(7-1-3-9-11(5-7)16(21)23-14(9)19)8-2-4-10-12(6-8)17(22)24-15(10)20/h1-6,13-17H. The van der Waals surface area contributed by atoms with Crippen LogP contribution in [0.1, 0.15) is 0 Å². The van der Waals surface area contributed by atoms with E-state index in [0.717, 1.165) is 0 Å². The van der Waals surface area contributed by atoms with E-state index in [1.807, 2.05) is 0 Å². The fourth-order valence-corrected chi connectivity index (χ4v) is 2.62. The minimum atomic E-state index is -0.812. The highest BCUT2D eigenvalue weighted by Gasteiger charge is 2.33. The van der Waals surface area contributed by atoms with Gasteiger partial charge in [0.25, 0.3) is 0 Å². The van der Waals surface area contributed by atoms with Crippen LogP contribution < -0.4 is 26.0 Å². The number of fused-ring (bicyclic) bond motifs is 2. The average Bonchev–Trinajstić information content (AvgIpc) is 3.02. The van der Waals surface area contributed by atoms with Gasteiger partial charge in [-0.3, -0.25) is 0 Å². The van der Waals surface area contributed by atoms with Crippen molar-refractivity contribution in [1.29, 1.82) is 0 Å². The molecule has 4 rings (SSSR count). The summed E-state index contributed by atoms with van der Waals surface area (Å²) in [5.74, 6) is 0. The first-order valence-electron chi connectivity index (χ1n) is 6.81. The number of benzene rings is 2. The van der Waals surface area contributed by atoms with Crippen molar-refractivity contribution in [2.45, 2.75) is 0 Å². The fraction of sp³-hybridized carbons (Fsp3) is 0. The lowest BCUT2D eigenvalue weighted by Gasteiger charge is -2.21. The van der Waals surface area contributed by atoms with Crippen LogP contribution in [-0.2, 0) is 9.88 Å². The Balaban J connectivity index is 1.69. The summed E-state index contributed by atoms with van der Waals surface area (Å²) in [7, 11) is 0. The Morgan fingerprint density at radius 3 is 1.42 bits per heavy atom. The molecule has 12 nitrogen and oxygen atoms in total. The molecule has 5 N–H and O–H groups in total. The Hall–Kier alpha value is -2.04. The fourth-order valence-electron chi connectivity index (χ4n) is 2.62. The lowest BCUT2D eigenvalue weighted by atomic mass is 10.2. The summed E-state index contributed by atoms with van der Waals surface area (Å²) in [4.78, 5) is 8.94. The molecule has 0 radical (unpaired) electrons. The van der Waals surface area contributed by atoms with Gasteiger partial charge < -0.3 is 31.1 Å². The predicted octanol–water partition coefficient (Wildman–Crippen LogP) is -4.19. The first-order valence-corrected chi connectivity index (χ1v) is 6.81. The number of nitrogens with one attached hydrogen (secondary N) is 5. The second kappa shape index (κ2) is 5.50. The van der Waals surface area contributed by atoms with Gasteiger partial charge in [0, 0.05) is 34.1 Å². The average molecular weight is 337 g/mol. The van der Waals surface area contributed by atoms with Crippen molar-refractivity contribution in [3.8, 4) is 0 Å². The molecule has 2 heterocycles. The summed E-state index contributed by atoms with van der Waals surface area (Å²) < 4.78 is 0. The lowest BCUT2D eigenvalue weighted by Crippen LogP contribution is -3.15. The summed E-state index contributed by atoms with van der Waals surface area (Å²) in [5.41, 5.74) is 0.527. The van der Waals surface area contributed by atoms with Crippen LogP contribution in [0, 0.1) is 26.0 Å². The maximum absolute atomic E-state index is 12.5. The van der Waals surface area contributed by atoms with E-state index in [1.54, 1.807) is 0 Å². The van der Waals surface area contributed by atoms with Crippen molar-refractivity contribution in [3.05, 3.63) is 62.4 Å². The Labute approximate surface area is 133 Å². The zero-order valence-corrected chi connectivity index (χ0v) is 11.8. The highest BCUT2D eigenvalue weighted by molar-refractivity contribution is 5.61. The molecule has 0 saturated heterocycles. The lowest BCUT2D eigenvalue weighted by molar-refractivity contribution is -1.24. The molecule has 4 atom stereocenters. The van der Waals surface area contributed by atoms with Gasteiger partial charge >= 0.3 is 0 Å². The van der Waals surface area contributed by atoms with E-state index in [9.17, 15) is 26.0 Å². The van der Waals surface area contributed by atoms with Gasteiger partial charge in [0.1, 0.15) is 11.4 Å². The van der Waals surface area contributed by atoms with Gasteiger partial charge in [-0.05, 0) is 0 Å². The summed E-state index contributed by atoms with van der Waals surface area (Å²) in [6.07, 6.45) is 0. The van der Waals surface area contributed by atoms with Gasteiger partial charge in [-0.1, -0.05) is 0 Å². The Kier molecular flexibility index (Phi) is 3.55. The smallest absolute Gasteiger partial charge is 0.239 e. The van der Waals surface area contributed by atoms with Gasteiger partial charge in [-0.25, -0.2) is 0 Å². The van der Waals surface area contributed by atoms with Crippen LogP contribution in [-0.4, -0.2) is 0 Å². The zero-order valence-electron chi connectivity index (χ0n) is 11.8. The molecule has 0 aliphatic carbocycles. The van der Waals surface area contributed by atoms with E-state index in [0.29, 0.717) is 0 Å². The zero-order chi connectivity index (χ0) is 17.0. The first-order chi connectivity index (χ1) is 11.5. The third kappa shape index (κ3) is 2.29. The Morgan fingerprint density at radius 1 is 0.625 bits per heavy atom. The molecule has 0 amide bonds. The molecule has 4 unspecified atom stereocenters. The molecule has 12 heteroatoms. The maximum Gasteiger partial charge on any atom is 0.239 e. The minimum Gasteiger partial charge on any atom is -0.623 e. The quantitative estimate of drug-likeness (QED) is 0.275. The molecule has 0 aromatic heterocycles. The van der Waals surface area contributed by atoms with Crippen LogP contribution >= 0.6 is 0 Å². The minimum absolute atomic E-state index is 0.0154. The second-order valence-corrected chi connectivity index (χ2v) is 5.20. The van der Waals surface area contributed by atoms with Crippen molar-refractivity contribution in [3.63, 3.8) is 0 Å². The number of rotatable bonds is 2. The van der Waals surface area contributed by atoms with Crippen LogP contribution in [0.3, 0.4) is 0 Å². The first kappa shape index (κ1) is 15.5. The molecular formula is C12H11N5O7. The number of hydrogen-bond acceptors (Lipinski definition) is 7. The Bertz CT molecular complexity index is 740. The molecular weight excluding hydrogens is 326 g/mol. The SMILES string of the molecule is [O-][NH+]1O[NH+]([O-])c2cc([NH+]([O-])c3ccc4c(c3)[NH+]([O-])O[NH+]4[O-])ccc21. The van der Waals surface area contributed by atoms with Crippen molar-refractivity contribution in [2.24, 2.45) is 0 Å². The maximum atomic E-state index is 12.5. The summed E-state index contributed by atoms with van der Waals surface area (Å²) in [5, 5.41) is 54.9. The monoisotopic (exact) mass is 337 g/mol. The van der Waals surface area contributed by atoms with Gasteiger partial charge in [-0.15, -0.1) is 20.9 Å². The molecule has 0 bridgehead atoms. The highest BCUT2D eigenvalue weighted by Crippen LogP contribution is 2.23. The molecule has 2 aliphatic heterocycles. The van der Waals surface area contributed by atoms with E-state index < -0.39 is 26.0 Å². The van der Waals surface area contributed by atoms with Gasteiger partial charge in [0.15, 0.2) is 0 Å². The summed E-state index contributed by atoms with van der Waals surface area (Å²) in [6, 6.07) is 7.97. The van der Waals surface area contributed by atoms with E-state index >= 15 is 0 Å². The van der Waals surface area contributed by atoms with Crippen LogP contribution in [0.15, 0.2) is 36.4 Å². The Morgan fingerprint density at radius 2 is 1.00 bits per heavy atom. The highest BCUT2D eigenvalue weighted by atomic mass is 17.1. The molecule has 2 aromatic rings. The van der Waals surface area contributed by atoms with Crippen molar-refractivity contribution in [2.75, 3.05) is 0 Å². The van der Waals surface area contributed by atoms with Gasteiger partial charge in [0.05, 0.1) is 12.1 Å². The van der Waals surface area contributed by atoms with E-state index in [4.69, 9.17) is 0 Å². The van der Waals surface area contributed by atoms with Crippen molar-refractivity contribution in [1.82, 2.24) is 0 Å². The van der Waals surface area contributed by atoms with E-state index in [1.165, 1.54) is 36.4 Å². The molecule has 2 aliphatic rings.